The topological polar surface area (TPSA) is 62.3 Å². The van der Waals surface area contributed by atoms with E-state index in [9.17, 15) is 8.42 Å². The Morgan fingerprint density at radius 3 is 2.15 bits per heavy atom. The maximum atomic E-state index is 13.0. The molecule has 1 aromatic carbocycles. The summed E-state index contributed by atoms with van der Waals surface area (Å²) in [7, 11) is -3.42. The van der Waals surface area contributed by atoms with Crippen LogP contribution < -0.4 is 4.74 Å². The smallest absolute Gasteiger partial charge is 0.282 e. The zero-order chi connectivity index (χ0) is 19.4. The van der Waals surface area contributed by atoms with Crippen LogP contribution in [0.15, 0.2) is 24.3 Å². The molecule has 0 N–H and O–H groups in total. The van der Waals surface area contributed by atoms with E-state index in [1.165, 1.54) is 5.56 Å². The molecule has 152 valence electrons. The van der Waals surface area contributed by atoms with Crippen molar-refractivity contribution in [3.05, 3.63) is 29.8 Å². The summed E-state index contributed by atoms with van der Waals surface area (Å²) in [4.78, 5) is 2.30. The fourth-order valence-electron chi connectivity index (χ4n) is 3.72. The van der Waals surface area contributed by atoms with E-state index in [1.54, 1.807) is 8.61 Å². The van der Waals surface area contributed by atoms with Crippen molar-refractivity contribution < 1.29 is 17.9 Å². The first kappa shape index (κ1) is 20.5. The van der Waals surface area contributed by atoms with Gasteiger partial charge in [0, 0.05) is 45.8 Å². The van der Waals surface area contributed by atoms with E-state index in [4.69, 9.17) is 9.47 Å². The minimum absolute atomic E-state index is 0.0653. The molecule has 0 amide bonds. The molecule has 1 aromatic rings. The molecule has 2 aliphatic rings. The van der Waals surface area contributed by atoms with Crippen LogP contribution in [0.5, 0.6) is 5.75 Å². The average molecular weight is 398 g/mol. The number of hydrogen-bond donors (Lipinski definition) is 0. The van der Waals surface area contributed by atoms with Gasteiger partial charge in [-0.05, 0) is 38.5 Å². The van der Waals surface area contributed by atoms with Crippen LogP contribution in [-0.4, -0.2) is 80.0 Å². The first-order chi connectivity index (χ1) is 12.9. The molecule has 0 bridgehead atoms. The summed E-state index contributed by atoms with van der Waals surface area (Å²) in [5.74, 6) is 0.881. The fourth-order valence-corrected chi connectivity index (χ4v) is 5.46. The highest BCUT2D eigenvalue weighted by Crippen LogP contribution is 2.20. The third-order valence-electron chi connectivity index (χ3n) is 5.01. The highest BCUT2D eigenvalue weighted by atomic mass is 32.2. The van der Waals surface area contributed by atoms with Crippen molar-refractivity contribution in [1.82, 2.24) is 13.5 Å². The lowest BCUT2D eigenvalue weighted by molar-refractivity contribution is -0.0457. The average Bonchev–Trinajstić information content (AvgIpc) is 2.63. The van der Waals surface area contributed by atoms with Gasteiger partial charge < -0.3 is 9.47 Å². The Labute approximate surface area is 163 Å². The number of benzene rings is 1. The zero-order valence-electron chi connectivity index (χ0n) is 16.5. The fraction of sp³-hybridized carbons (Fsp3) is 0.684. The number of hydrogen-bond acceptors (Lipinski definition) is 5. The molecule has 2 saturated heterocycles. The number of rotatable bonds is 6. The number of morpholine rings is 1. The molecule has 8 heteroatoms. The number of nitrogens with zero attached hydrogens (tertiary/aromatic N) is 3. The minimum Gasteiger partial charge on any atom is -0.494 e. The molecular weight excluding hydrogens is 366 g/mol. The van der Waals surface area contributed by atoms with Gasteiger partial charge in [0.05, 0.1) is 18.8 Å². The molecule has 0 aromatic heterocycles. The van der Waals surface area contributed by atoms with Crippen LogP contribution in [0, 0.1) is 0 Å². The van der Waals surface area contributed by atoms with Crippen LogP contribution in [0.1, 0.15) is 26.3 Å². The predicted octanol–water partition coefficient (Wildman–Crippen LogP) is 1.56. The Morgan fingerprint density at radius 2 is 1.59 bits per heavy atom. The molecule has 2 heterocycles. The first-order valence-corrected chi connectivity index (χ1v) is 11.1. The monoisotopic (exact) mass is 397 g/mol. The Morgan fingerprint density at radius 1 is 1.00 bits per heavy atom. The third-order valence-corrected chi connectivity index (χ3v) is 6.98. The molecule has 2 atom stereocenters. The second kappa shape index (κ2) is 8.87. The van der Waals surface area contributed by atoms with Crippen molar-refractivity contribution in [3.8, 4) is 5.75 Å². The van der Waals surface area contributed by atoms with E-state index < -0.39 is 10.2 Å². The molecule has 2 unspecified atom stereocenters. The maximum Gasteiger partial charge on any atom is 0.282 e. The molecule has 27 heavy (non-hydrogen) atoms. The van der Waals surface area contributed by atoms with Gasteiger partial charge in [0.1, 0.15) is 5.75 Å². The zero-order valence-corrected chi connectivity index (χ0v) is 17.3. The highest BCUT2D eigenvalue weighted by Gasteiger charge is 2.36. The Hall–Kier alpha value is -1.19. The van der Waals surface area contributed by atoms with Gasteiger partial charge in [-0.3, -0.25) is 4.90 Å². The standard InChI is InChI=1S/C19H31N3O4S/c1-4-25-19-7-5-18(6-8-19)15-20-9-11-21(12-10-20)27(23,24)22-13-16(2)26-17(3)14-22/h5-8,16-17H,4,9-15H2,1-3H3. The predicted molar refractivity (Wildman–Crippen MR) is 105 cm³/mol. The van der Waals surface area contributed by atoms with Crippen LogP contribution in [0.2, 0.25) is 0 Å². The lowest BCUT2D eigenvalue weighted by Crippen LogP contribution is -2.56. The van der Waals surface area contributed by atoms with Gasteiger partial charge in [0.25, 0.3) is 10.2 Å². The van der Waals surface area contributed by atoms with Crippen molar-refractivity contribution in [2.45, 2.75) is 39.5 Å². The van der Waals surface area contributed by atoms with Gasteiger partial charge in [-0.15, -0.1) is 0 Å². The van der Waals surface area contributed by atoms with Gasteiger partial charge in [-0.25, -0.2) is 0 Å². The van der Waals surface area contributed by atoms with Crippen LogP contribution in [0.3, 0.4) is 0 Å². The molecule has 3 rings (SSSR count). The lowest BCUT2D eigenvalue weighted by Gasteiger charge is -2.40. The Bertz CT molecular complexity index is 692. The van der Waals surface area contributed by atoms with Crippen molar-refractivity contribution in [3.63, 3.8) is 0 Å². The van der Waals surface area contributed by atoms with E-state index in [0.29, 0.717) is 32.8 Å². The molecular formula is C19H31N3O4S. The molecule has 2 aliphatic heterocycles. The minimum atomic E-state index is -3.42. The highest BCUT2D eigenvalue weighted by molar-refractivity contribution is 7.86. The second-order valence-corrected chi connectivity index (χ2v) is 9.26. The van der Waals surface area contributed by atoms with E-state index in [1.807, 2.05) is 32.9 Å². The molecule has 7 nitrogen and oxygen atoms in total. The molecule has 0 spiro atoms. The normalized spacial score (nSPS) is 26.2. The van der Waals surface area contributed by atoms with Crippen molar-refractivity contribution in [2.75, 3.05) is 45.9 Å². The quantitative estimate of drug-likeness (QED) is 0.729. The summed E-state index contributed by atoms with van der Waals surface area (Å²) >= 11 is 0. The van der Waals surface area contributed by atoms with Crippen molar-refractivity contribution in [1.29, 1.82) is 0 Å². The van der Waals surface area contributed by atoms with Crippen molar-refractivity contribution >= 4 is 10.2 Å². The molecule has 0 radical (unpaired) electrons. The van der Waals surface area contributed by atoms with Crippen LogP contribution in [0.25, 0.3) is 0 Å². The van der Waals surface area contributed by atoms with E-state index >= 15 is 0 Å². The van der Waals surface area contributed by atoms with Gasteiger partial charge in [0.15, 0.2) is 0 Å². The maximum absolute atomic E-state index is 13.0. The van der Waals surface area contributed by atoms with Crippen LogP contribution in [-0.2, 0) is 21.5 Å². The Balaban J connectivity index is 1.53. The Kier molecular flexibility index (Phi) is 6.75. The van der Waals surface area contributed by atoms with E-state index in [0.717, 1.165) is 25.4 Å². The van der Waals surface area contributed by atoms with Crippen LogP contribution in [0.4, 0.5) is 0 Å². The van der Waals surface area contributed by atoms with Gasteiger partial charge in [-0.1, -0.05) is 12.1 Å². The van der Waals surface area contributed by atoms with E-state index in [2.05, 4.69) is 17.0 Å². The largest absolute Gasteiger partial charge is 0.494 e. The summed E-state index contributed by atoms with van der Waals surface area (Å²) < 4.78 is 40.3. The lowest BCUT2D eigenvalue weighted by atomic mass is 10.2. The van der Waals surface area contributed by atoms with E-state index in [-0.39, 0.29) is 12.2 Å². The molecule has 2 fully saturated rings. The summed E-state index contributed by atoms with van der Waals surface area (Å²) in [5.41, 5.74) is 1.21. The first-order valence-electron chi connectivity index (χ1n) is 9.73. The van der Waals surface area contributed by atoms with Crippen molar-refractivity contribution in [2.24, 2.45) is 0 Å². The second-order valence-electron chi connectivity index (χ2n) is 7.33. The SMILES string of the molecule is CCOc1ccc(CN2CCN(S(=O)(=O)N3CC(C)OC(C)C3)CC2)cc1. The summed E-state index contributed by atoms with van der Waals surface area (Å²) in [6.45, 7) is 10.7. The number of ether oxygens (including phenoxy) is 2. The van der Waals surface area contributed by atoms with Gasteiger partial charge >= 0.3 is 0 Å². The molecule has 0 saturated carbocycles. The van der Waals surface area contributed by atoms with Gasteiger partial charge in [-0.2, -0.15) is 17.0 Å². The van der Waals surface area contributed by atoms with Crippen LogP contribution >= 0.6 is 0 Å². The molecule has 0 aliphatic carbocycles. The summed E-state index contributed by atoms with van der Waals surface area (Å²) in [5, 5.41) is 0. The number of piperazine rings is 1. The third kappa shape index (κ3) is 5.20. The van der Waals surface area contributed by atoms with Gasteiger partial charge in [0.2, 0.25) is 0 Å². The summed E-state index contributed by atoms with van der Waals surface area (Å²) in [6, 6.07) is 8.12. The summed E-state index contributed by atoms with van der Waals surface area (Å²) in [6.07, 6.45) is -0.131.